The van der Waals surface area contributed by atoms with E-state index in [4.69, 9.17) is 9.47 Å². The highest BCUT2D eigenvalue weighted by Gasteiger charge is 2.22. The van der Waals surface area contributed by atoms with Crippen molar-refractivity contribution >= 4 is 32.9 Å². The first kappa shape index (κ1) is 20.0. The number of morpholine rings is 1. The number of pyridine rings is 2. The van der Waals surface area contributed by atoms with E-state index in [0.29, 0.717) is 50.5 Å². The summed E-state index contributed by atoms with van der Waals surface area (Å²) in [7, 11) is 0. The predicted molar refractivity (Wildman–Crippen MR) is 106 cm³/mol. The van der Waals surface area contributed by atoms with Gasteiger partial charge in [-0.05, 0) is 40.9 Å². The Labute approximate surface area is 166 Å². The van der Waals surface area contributed by atoms with Crippen molar-refractivity contribution in [2.45, 2.75) is 26.8 Å². The molecule has 146 valence electrons. The van der Waals surface area contributed by atoms with E-state index in [0.717, 1.165) is 22.9 Å². The molecular formula is C19H24BrN3O4. The maximum absolute atomic E-state index is 13.1. The molecule has 3 heterocycles. The van der Waals surface area contributed by atoms with Gasteiger partial charge in [0.1, 0.15) is 11.2 Å². The van der Waals surface area contributed by atoms with Crippen LogP contribution < -0.4 is 5.56 Å². The summed E-state index contributed by atoms with van der Waals surface area (Å²) in [5.74, 6) is -0.568. The first-order valence-electron chi connectivity index (χ1n) is 9.18. The fourth-order valence-electron chi connectivity index (χ4n) is 3.23. The van der Waals surface area contributed by atoms with Gasteiger partial charge in [0.25, 0.3) is 5.56 Å². The summed E-state index contributed by atoms with van der Waals surface area (Å²) in [6, 6.07) is 1.89. The fourth-order valence-corrected chi connectivity index (χ4v) is 3.56. The number of hydrogen-bond acceptors (Lipinski definition) is 6. The van der Waals surface area contributed by atoms with Gasteiger partial charge in [0, 0.05) is 42.2 Å². The van der Waals surface area contributed by atoms with E-state index in [2.05, 4.69) is 25.8 Å². The Morgan fingerprint density at radius 1 is 1.33 bits per heavy atom. The molecule has 1 aliphatic heterocycles. The van der Waals surface area contributed by atoms with Gasteiger partial charge >= 0.3 is 5.97 Å². The monoisotopic (exact) mass is 437 g/mol. The third-order valence-corrected chi connectivity index (χ3v) is 5.15. The van der Waals surface area contributed by atoms with E-state index < -0.39 is 5.97 Å². The summed E-state index contributed by atoms with van der Waals surface area (Å²) in [5, 5.41) is 0.773. The summed E-state index contributed by atoms with van der Waals surface area (Å²) < 4.78 is 13.0. The van der Waals surface area contributed by atoms with Gasteiger partial charge in [-0.1, -0.05) is 6.92 Å². The van der Waals surface area contributed by atoms with Crippen LogP contribution in [0, 0.1) is 6.92 Å². The number of carbonyl (C=O) groups is 1. The predicted octanol–water partition coefficient (Wildman–Crippen LogP) is 2.37. The molecular weight excluding hydrogens is 414 g/mol. The Balaban J connectivity index is 2.04. The van der Waals surface area contributed by atoms with Crippen LogP contribution in [0.5, 0.6) is 0 Å². The second-order valence-corrected chi connectivity index (χ2v) is 7.49. The molecule has 1 aliphatic rings. The molecule has 0 atom stereocenters. The summed E-state index contributed by atoms with van der Waals surface area (Å²) >= 11 is 3.43. The maximum Gasteiger partial charge on any atom is 0.344 e. The molecule has 0 unspecified atom stereocenters. The molecule has 7 nitrogen and oxygen atoms in total. The van der Waals surface area contributed by atoms with Crippen LogP contribution in [0.4, 0.5) is 0 Å². The van der Waals surface area contributed by atoms with Gasteiger partial charge in [-0.3, -0.25) is 14.3 Å². The number of aryl methyl sites for hydroxylation is 1. The summed E-state index contributed by atoms with van der Waals surface area (Å²) in [6.07, 6.45) is 2.37. The number of ether oxygens (including phenoxy) is 2. The van der Waals surface area contributed by atoms with Gasteiger partial charge < -0.3 is 9.47 Å². The molecule has 0 saturated carbocycles. The lowest BCUT2D eigenvalue weighted by atomic mass is 10.1. The summed E-state index contributed by atoms with van der Waals surface area (Å²) in [4.78, 5) is 32.4. The second kappa shape index (κ2) is 8.95. The third kappa shape index (κ3) is 4.39. The Morgan fingerprint density at radius 3 is 2.78 bits per heavy atom. The second-order valence-electron chi connectivity index (χ2n) is 6.57. The van der Waals surface area contributed by atoms with E-state index >= 15 is 0 Å². The lowest BCUT2D eigenvalue weighted by Crippen LogP contribution is -2.40. The van der Waals surface area contributed by atoms with Crippen molar-refractivity contribution < 1.29 is 14.3 Å². The zero-order valence-electron chi connectivity index (χ0n) is 15.7. The van der Waals surface area contributed by atoms with Crippen LogP contribution in [0.15, 0.2) is 21.5 Å². The minimum absolute atomic E-state index is 0.0952. The van der Waals surface area contributed by atoms with Gasteiger partial charge in [0.05, 0.1) is 19.8 Å². The van der Waals surface area contributed by atoms with Crippen molar-refractivity contribution in [1.82, 2.24) is 14.5 Å². The number of hydrogen-bond donors (Lipinski definition) is 0. The van der Waals surface area contributed by atoms with Crippen LogP contribution in [0.25, 0.3) is 11.0 Å². The SMILES string of the molecule is CCCOC(=O)c1c(C)c2cc(Br)cnc2n(CCN2CCOCC2)c1=O. The Bertz CT molecular complexity index is 891. The average Bonchev–Trinajstić information content (AvgIpc) is 2.67. The van der Waals surface area contributed by atoms with E-state index in [1.54, 1.807) is 17.7 Å². The fraction of sp³-hybridized carbons (Fsp3) is 0.526. The molecule has 0 aliphatic carbocycles. The van der Waals surface area contributed by atoms with Crippen LogP contribution in [0.3, 0.4) is 0 Å². The molecule has 2 aromatic heterocycles. The largest absolute Gasteiger partial charge is 0.462 e. The molecule has 1 fully saturated rings. The number of rotatable bonds is 6. The van der Waals surface area contributed by atoms with Crippen molar-refractivity contribution in [2.75, 3.05) is 39.5 Å². The number of fused-ring (bicyclic) bond motifs is 1. The van der Waals surface area contributed by atoms with Gasteiger partial charge in [-0.25, -0.2) is 9.78 Å². The van der Waals surface area contributed by atoms with E-state index in [9.17, 15) is 9.59 Å². The van der Waals surface area contributed by atoms with Gasteiger partial charge in [0.15, 0.2) is 0 Å². The lowest BCUT2D eigenvalue weighted by Gasteiger charge is -2.27. The lowest BCUT2D eigenvalue weighted by molar-refractivity contribution is 0.0364. The average molecular weight is 438 g/mol. The summed E-state index contributed by atoms with van der Waals surface area (Å²) in [6.45, 7) is 8.20. The Kier molecular flexibility index (Phi) is 6.62. The van der Waals surface area contributed by atoms with E-state index in [1.165, 1.54) is 0 Å². The zero-order chi connectivity index (χ0) is 19.4. The molecule has 0 radical (unpaired) electrons. The maximum atomic E-state index is 13.1. The molecule has 0 bridgehead atoms. The van der Waals surface area contributed by atoms with E-state index in [1.807, 2.05) is 13.0 Å². The molecule has 0 amide bonds. The van der Waals surface area contributed by atoms with Crippen molar-refractivity contribution in [1.29, 1.82) is 0 Å². The van der Waals surface area contributed by atoms with Crippen molar-refractivity contribution in [3.63, 3.8) is 0 Å². The van der Waals surface area contributed by atoms with Crippen LogP contribution in [0.2, 0.25) is 0 Å². The zero-order valence-corrected chi connectivity index (χ0v) is 17.3. The third-order valence-electron chi connectivity index (χ3n) is 4.71. The molecule has 8 heteroatoms. The topological polar surface area (TPSA) is 73.7 Å². The minimum atomic E-state index is -0.568. The number of esters is 1. The normalized spacial score (nSPS) is 15.2. The first-order chi connectivity index (χ1) is 13.0. The van der Waals surface area contributed by atoms with Crippen LogP contribution in [-0.2, 0) is 16.0 Å². The molecule has 3 rings (SSSR count). The number of aromatic nitrogens is 2. The van der Waals surface area contributed by atoms with Crippen molar-refractivity contribution in [3.05, 3.63) is 38.2 Å². The molecule has 0 aromatic carbocycles. The number of carbonyl (C=O) groups excluding carboxylic acids is 1. The highest BCUT2D eigenvalue weighted by molar-refractivity contribution is 9.10. The van der Waals surface area contributed by atoms with E-state index in [-0.39, 0.29) is 11.1 Å². The summed E-state index contributed by atoms with van der Waals surface area (Å²) in [5.41, 5.74) is 0.940. The molecule has 2 aromatic rings. The highest BCUT2D eigenvalue weighted by Crippen LogP contribution is 2.22. The quantitative estimate of drug-likeness (QED) is 0.645. The van der Waals surface area contributed by atoms with Gasteiger partial charge in [-0.2, -0.15) is 0 Å². The smallest absolute Gasteiger partial charge is 0.344 e. The van der Waals surface area contributed by atoms with Crippen LogP contribution in [-0.4, -0.2) is 59.9 Å². The minimum Gasteiger partial charge on any atom is -0.462 e. The first-order valence-corrected chi connectivity index (χ1v) is 9.98. The standard InChI is InChI=1S/C19H24BrN3O4/c1-3-8-27-19(25)16-13(2)15-11-14(20)12-21-17(15)23(18(16)24)5-4-22-6-9-26-10-7-22/h11-12H,3-10H2,1-2H3. The molecule has 0 N–H and O–H groups in total. The highest BCUT2D eigenvalue weighted by atomic mass is 79.9. The van der Waals surface area contributed by atoms with Gasteiger partial charge in [-0.15, -0.1) is 0 Å². The molecule has 0 spiro atoms. The molecule has 1 saturated heterocycles. The Morgan fingerprint density at radius 2 is 2.07 bits per heavy atom. The number of nitrogens with zero attached hydrogens (tertiary/aromatic N) is 3. The van der Waals surface area contributed by atoms with Crippen molar-refractivity contribution in [3.8, 4) is 0 Å². The van der Waals surface area contributed by atoms with Gasteiger partial charge in [0.2, 0.25) is 0 Å². The number of halogens is 1. The van der Waals surface area contributed by atoms with Crippen LogP contribution in [0.1, 0.15) is 29.3 Å². The van der Waals surface area contributed by atoms with Crippen molar-refractivity contribution in [2.24, 2.45) is 0 Å². The Hall–Kier alpha value is -1.77. The van der Waals surface area contributed by atoms with Crippen LogP contribution >= 0.6 is 15.9 Å². The molecule has 27 heavy (non-hydrogen) atoms.